The van der Waals surface area contributed by atoms with Gasteiger partial charge in [0, 0.05) is 19.2 Å². The van der Waals surface area contributed by atoms with E-state index in [9.17, 15) is 0 Å². The van der Waals surface area contributed by atoms with Crippen molar-refractivity contribution in [2.24, 2.45) is 0 Å². The van der Waals surface area contributed by atoms with Gasteiger partial charge in [-0.2, -0.15) is 0 Å². The van der Waals surface area contributed by atoms with Crippen LogP contribution in [0.2, 0.25) is 0 Å². The zero-order valence-electron chi connectivity index (χ0n) is 9.58. The van der Waals surface area contributed by atoms with E-state index in [1.54, 1.807) is 0 Å². The summed E-state index contributed by atoms with van der Waals surface area (Å²) in [5.41, 5.74) is 0. The lowest BCUT2D eigenvalue weighted by Crippen LogP contribution is -2.35. The molecule has 3 nitrogen and oxygen atoms in total. The molecule has 0 aromatic rings. The fraction of sp³-hybridized carbons (Fsp3) is 1.00. The van der Waals surface area contributed by atoms with Crippen LogP contribution in [0, 0.1) is 0 Å². The van der Waals surface area contributed by atoms with Gasteiger partial charge < -0.3 is 14.8 Å². The number of nitrogens with one attached hydrogen (secondary N) is 1. The molecule has 0 spiro atoms. The van der Waals surface area contributed by atoms with Crippen molar-refractivity contribution in [3.63, 3.8) is 0 Å². The maximum absolute atomic E-state index is 5.82. The Bertz CT molecular complexity index is 146. The van der Waals surface area contributed by atoms with E-state index in [0.717, 1.165) is 26.2 Å². The molecule has 1 saturated heterocycles. The summed E-state index contributed by atoms with van der Waals surface area (Å²) in [5.74, 6) is 0. The van der Waals surface area contributed by atoms with Crippen molar-refractivity contribution < 1.29 is 9.47 Å². The van der Waals surface area contributed by atoms with Crippen molar-refractivity contribution in [3.05, 3.63) is 0 Å². The highest BCUT2D eigenvalue weighted by Gasteiger charge is 2.18. The number of hydrogen-bond donors (Lipinski definition) is 1. The van der Waals surface area contributed by atoms with E-state index < -0.39 is 0 Å². The predicted octanol–water partition coefficient (Wildman–Crippen LogP) is 1.57. The molecule has 1 N–H and O–H groups in total. The second kappa shape index (κ2) is 6.38. The van der Waals surface area contributed by atoms with Crippen LogP contribution in [0.1, 0.15) is 33.6 Å². The quantitative estimate of drug-likeness (QED) is 0.707. The van der Waals surface area contributed by atoms with Crippen molar-refractivity contribution in [3.8, 4) is 0 Å². The number of ether oxygens (including phenoxy) is 2. The lowest BCUT2D eigenvalue weighted by atomic mass is 10.2. The van der Waals surface area contributed by atoms with Gasteiger partial charge in [-0.3, -0.25) is 0 Å². The molecule has 3 heteroatoms. The maximum atomic E-state index is 5.82. The summed E-state index contributed by atoms with van der Waals surface area (Å²) in [4.78, 5) is 0. The molecular formula is C11H23NO2. The smallest absolute Gasteiger partial charge is 0.0834 e. The first-order valence-corrected chi connectivity index (χ1v) is 5.69. The molecule has 1 heterocycles. The summed E-state index contributed by atoms with van der Waals surface area (Å²) in [6.45, 7) is 9.07. The van der Waals surface area contributed by atoms with Crippen LogP contribution >= 0.6 is 0 Å². The highest BCUT2D eigenvalue weighted by Crippen LogP contribution is 2.10. The Kier molecular flexibility index (Phi) is 5.45. The highest BCUT2D eigenvalue weighted by atomic mass is 16.5. The van der Waals surface area contributed by atoms with Crippen LogP contribution in [0.15, 0.2) is 0 Å². The van der Waals surface area contributed by atoms with Crippen molar-refractivity contribution >= 4 is 0 Å². The summed E-state index contributed by atoms with van der Waals surface area (Å²) < 4.78 is 11.1. The van der Waals surface area contributed by atoms with Crippen LogP contribution < -0.4 is 5.32 Å². The second-order valence-electron chi connectivity index (χ2n) is 4.15. The lowest BCUT2D eigenvalue weighted by molar-refractivity contribution is -0.00646. The van der Waals surface area contributed by atoms with Gasteiger partial charge in [0.25, 0.3) is 0 Å². The van der Waals surface area contributed by atoms with Gasteiger partial charge in [-0.15, -0.1) is 0 Å². The molecule has 0 aliphatic carbocycles. The molecule has 84 valence electrons. The molecule has 0 aromatic carbocycles. The molecule has 0 aromatic heterocycles. The van der Waals surface area contributed by atoms with Gasteiger partial charge >= 0.3 is 0 Å². The van der Waals surface area contributed by atoms with Crippen molar-refractivity contribution in [1.29, 1.82) is 0 Å². The third kappa shape index (κ3) is 4.40. The normalized spacial score (nSPS) is 26.4. The molecule has 14 heavy (non-hydrogen) atoms. The van der Waals surface area contributed by atoms with E-state index in [4.69, 9.17) is 9.47 Å². The second-order valence-corrected chi connectivity index (χ2v) is 4.15. The highest BCUT2D eigenvalue weighted by molar-refractivity contribution is 4.68. The monoisotopic (exact) mass is 201 g/mol. The summed E-state index contributed by atoms with van der Waals surface area (Å²) in [5, 5.41) is 3.44. The Hall–Kier alpha value is -0.120. The summed E-state index contributed by atoms with van der Waals surface area (Å²) in [6, 6.07) is 0.584. The van der Waals surface area contributed by atoms with Gasteiger partial charge in [-0.25, -0.2) is 0 Å². The summed E-state index contributed by atoms with van der Waals surface area (Å²) in [7, 11) is 0. The summed E-state index contributed by atoms with van der Waals surface area (Å²) in [6.07, 6.45) is 2.83. The lowest BCUT2D eigenvalue weighted by Gasteiger charge is -2.20. The fourth-order valence-electron chi connectivity index (χ4n) is 1.51. The van der Waals surface area contributed by atoms with Gasteiger partial charge in [0.15, 0.2) is 0 Å². The Balaban J connectivity index is 2.05. The molecule has 0 amide bonds. The van der Waals surface area contributed by atoms with Crippen LogP contribution in [-0.2, 0) is 9.47 Å². The number of rotatable bonds is 6. The molecule has 0 saturated carbocycles. The standard InChI is InChI=1S/C11H23NO2/c1-4-9(2)12-7-10(3)14-11-5-6-13-8-11/h9-12H,4-8H2,1-3H3. The van der Waals surface area contributed by atoms with Crippen molar-refractivity contribution in [2.45, 2.75) is 51.9 Å². The zero-order valence-corrected chi connectivity index (χ0v) is 9.58. The van der Waals surface area contributed by atoms with Gasteiger partial charge in [0.05, 0.1) is 18.8 Å². The van der Waals surface area contributed by atoms with E-state index in [-0.39, 0.29) is 6.10 Å². The Morgan fingerprint density at radius 2 is 2.29 bits per heavy atom. The molecule has 1 fully saturated rings. The Morgan fingerprint density at radius 3 is 2.86 bits per heavy atom. The Labute approximate surface area is 87.2 Å². The molecule has 0 radical (unpaired) electrons. The average Bonchev–Trinajstić information content (AvgIpc) is 2.66. The van der Waals surface area contributed by atoms with Crippen molar-refractivity contribution in [2.75, 3.05) is 19.8 Å². The van der Waals surface area contributed by atoms with Crippen LogP contribution in [0.25, 0.3) is 0 Å². The fourth-order valence-corrected chi connectivity index (χ4v) is 1.51. The van der Waals surface area contributed by atoms with E-state index in [0.29, 0.717) is 12.1 Å². The van der Waals surface area contributed by atoms with Gasteiger partial charge in [0.1, 0.15) is 0 Å². The number of hydrogen-bond acceptors (Lipinski definition) is 3. The Morgan fingerprint density at radius 1 is 1.50 bits per heavy atom. The molecule has 1 aliphatic rings. The van der Waals surface area contributed by atoms with Crippen molar-refractivity contribution in [1.82, 2.24) is 5.32 Å². The van der Waals surface area contributed by atoms with Crippen LogP contribution in [0.5, 0.6) is 0 Å². The van der Waals surface area contributed by atoms with E-state index in [1.807, 2.05) is 0 Å². The molecular weight excluding hydrogens is 178 g/mol. The van der Waals surface area contributed by atoms with Gasteiger partial charge in [-0.1, -0.05) is 6.92 Å². The van der Waals surface area contributed by atoms with E-state index in [1.165, 1.54) is 6.42 Å². The molecule has 3 unspecified atom stereocenters. The molecule has 3 atom stereocenters. The topological polar surface area (TPSA) is 30.5 Å². The first-order valence-electron chi connectivity index (χ1n) is 5.69. The first-order chi connectivity index (χ1) is 6.72. The first kappa shape index (κ1) is 12.0. The maximum Gasteiger partial charge on any atom is 0.0834 e. The third-order valence-electron chi connectivity index (χ3n) is 2.68. The molecule has 1 aliphatic heterocycles. The van der Waals surface area contributed by atoms with Gasteiger partial charge in [-0.05, 0) is 26.7 Å². The molecule has 0 bridgehead atoms. The van der Waals surface area contributed by atoms with E-state index >= 15 is 0 Å². The minimum Gasteiger partial charge on any atom is -0.379 e. The molecule has 1 rings (SSSR count). The van der Waals surface area contributed by atoms with Crippen LogP contribution in [-0.4, -0.2) is 38.0 Å². The average molecular weight is 201 g/mol. The largest absolute Gasteiger partial charge is 0.379 e. The van der Waals surface area contributed by atoms with Gasteiger partial charge in [0.2, 0.25) is 0 Å². The minimum atomic E-state index is 0.288. The van der Waals surface area contributed by atoms with Crippen LogP contribution in [0.4, 0.5) is 0 Å². The van der Waals surface area contributed by atoms with E-state index in [2.05, 4.69) is 26.1 Å². The zero-order chi connectivity index (χ0) is 10.4. The third-order valence-corrected chi connectivity index (χ3v) is 2.68. The summed E-state index contributed by atoms with van der Waals surface area (Å²) >= 11 is 0. The minimum absolute atomic E-state index is 0.288. The SMILES string of the molecule is CCC(C)NCC(C)OC1CCOC1. The predicted molar refractivity (Wildman–Crippen MR) is 57.5 cm³/mol. The van der Waals surface area contributed by atoms with Crippen LogP contribution in [0.3, 0.4) is 0 Å².